The van der Waals surface area contributed by atoms with Gasteiger partial charge in [-0.15, -0.1) is 0 Å². The zero-order chi connectivity index (χ0) is 14.2. The van der Waals surface area contributed by atoms with Gasteiger partial charge in [0.2, 0.25) is 0 Å². The third kappa shape index (κ3) is 9.83. The lowest BCUT2D eigenvalue weighted by molar-refractivity contribution is -0.138. The molecule has 0 spiro atoms. The number of hydrogen-bond donors (Lipinski definition) is 4. The van der Waals surface area contributed by atoms with E-state index in [1.807, 2.05) is 0 Å². The Morgan fingerprint density at radius 2 is 1.83 bits per heavy atom. The minimum absolute atomic E-state index is 0.00237. The molecule has 0 aliphatic rings. The molecule has 0 bridgehead atoms. The Kier molecular flexibility index (Phi) is 7.26. The van der Waals surface area contributed by atoms with Gasteiger partial charge in [0.1, 0.15) is 6.61 Å². The first kappa shape index (κ1) is 16.6. The van der Waals surface area contributed by atoms with E-state index in [0.717, 1.165) is 0 Å². The fourth-order valence-electron chi connectivity index (χ4n) is 0.809. The molecule has 0 aromatic carbocycles. The van der Waals surface area contributed by atoms with Gasteiger partial charge in [0, 0.05) is 12.1 Å². The number of urea groups is 1. The zero-order valence-electron chi connectivity index (χ0n) is 10.0. The molecule has 9 heteroatoms. The van der Waals surface area contributed by atoms with E-state index in [-0.39, 0.29) is 25.3 Å². The quantitative estimate of drug-likeness (QED) is 0.217. The normalized spacial score (nSPS) is 10.6. The molecule has 0 radical (unpaired) electrons. The zero-order valence-corrected chi connectivity index (χ0v) is 10.9. The van der Waals surface area contributed by atoms with Gasteiger partial charge in [-0.25, -0.2) is 9.59 Å². The minimum atomic E-state index is -4.10. The number of amides is 2. The second kappa shape index (κ2) is 7.86. The van der Waals surface area contributed by atoms with E-state index in [4.69, 9.17) is 14.5 Å². The monoisotopic (exact) mass is 280 g/mol. The number of carbonyl (C=O) groups excluding carboxylic acids is 2. The molecule has 0 aromatic heterocycles. The number of nitrogens with one attached hydrogen (secondary N) is 2. The van der Waals surface area contributed by atoms with Gasteiger partial charge in [-0.2, -0.15) is 0 Å². The molecule has 4 N–H and O–H groups in total. The SMILES string of the molecule is C=C(C)C(=O)OCCNC(=O)NCCP(=O)(O)O. The van der Waals surface area contributed by atoms with Crippen LogP contribution >= 0.6 is 7.60 Å². The van der Waals surface area contributed by atoms with E-state index >= 15 is 0 Å². The lowest BCUT2D eigenvalue weighted by atomic mass is 10.4. The maximum atomic E-state index is 11.1. The van der Waals surface area contributed by atoms with Crippen LogP contribution in [0.5, 0.6) is 0 Å². The molecule has 18 heavy (non-hydrogen) atoms. The molecule has 104 valence electrons. The van der Waals surface area contributed by atoms with Gasteiger partial charge in [0.25, 0.3) is 0 Å². The van der Waals surface area contributed by atoms with Crippen LogP contribution in [0.15, 0.2) is 12.2 Å². The van der Waals surface area contributed by atoms with Crippen LogP contribution in [0.3, 0.4) is 0 Å². The molecule has 0 unspecified atom stereocenters. The summed E-state index contributed by atoms with van der Waals surface area (Å²) in [6, 6.07) is -0.588. The van der Waals surface area contributed by atoms with E-state index in [9.17, 15) is 14.2 Å². The molecule has 8 nitrogen and oxygen atoms in total. The van der Waals surface area contributed by atoms with Crippen LogP contribution in [-0.4, -0.2) is 47.6 Å². The number of esters is 1. The fourth-order valence-corrected chi connectivity index (χ4v) is 1.21. The Bertz CT molecular complexity index is 364. The van der Waals surface area contributed by atoms with E-state index < -0.39 is 25.8 Å². The van der Waals surface area contributed by atoms with Crippen molar-refractivity contribution in [3.8, 4) is 0 Å². The van der Waals surface area contributed by atoms with Crippen molar-refractivity contribution in [1.29, 1.82) is 0 Å². The first-order valence-corrected chi connectivity index (χ1v) is 6.91. The summed E-state index contributed by atoms with van der Waals surface area (Å²) in [5, 5.41) is 4.60. The first-order chi connectivity index (χ1) is 8.22. The number of ether oxygens (including phenoxy) is 1. The molecular formula is C9H17N2O6P. The Hall–Kier alpha value is -1.37. The van der Waals surface area contributed by atoms with E-state index in [0.29, 0.717) is 0 Å². The molecule has 0 rings (SSSR count). The van der Waals surface area contributed by atoms with Crippen LogP contribution in [0.4, 0.5) is 4.79 Å². The molecular weight excluding hydrogens is 263 g/mol. The molecule has 0 aromatic rings. The summed E-state index contributed by atoms with van der Waals surface area (Å²) >= 11 is 0. The molecule has 0 saturated carbocycles. The average Bonchev–Trinajstić information content (AvgIpc) is 2.22. The van der Waals surface area contributed by atoms with Crippen molar-refractivity contribution in [2.24, 2.45) is 0 Å². The molecule has 0 aliphatic heterocycles. The topological polar surface area (TPSA) is 125 Å². The average molecular weight is 280 g/mol. The fraction of sp³-hybridized carbons (Fsp3) is 0.556. The maximum absolute atomic E-state index is 11.1. The van der Waals surface area contributed by atoms with Crippen molar-refractivity contribution in [2.45, 2.75) is 6.92 Å². The van der Waals surface area contributed by atoms with Crippen molar-refractivity contribution >= 4 is 19.6 Å². The predicted octanol–water partition coefficient (Wildman–Crippen LogP) is -0.417. The van der Waals surface area contributed by atoms with Gasteiger partial charge in [-0.1, -0.05) is 6.58 Å². The summed E-state index contributed by atoms with van der Waals surface area (Å²) in [4.78, 5) is 39.1. The van der Waals surface area contributed by atoms with E-state index in [1.165, 1.54) is 6.92 Å². The minimum Gasteiger partial charge on any atom is -0.460 e. The van der Waals surface area contributed by atoms with Crippen molar-refractivity contribution in [3.63, 3.8) is 0 Å². The van der Waals surface area contributed by atoms with Crippen LogP contribution in [0, 0.1) is 0 Å². The van der Waals surface area contributed by atoms with Gasteiger partial charge < -0.3 is 25.2 Å². The van der Waals surface area contributed by atoms with Crippen molar-refractivity contribution in [3.05, 3.63) is 12.2 Å². The van der Waals surface area contributed by atoms with Crippen LogP contribution in [0.25, 0.3) is 0 Å². The smallest absolute Gasteiger partial charge is 0.333 e. The Morgan fingerprint density at radius 3 is 2.33 bits per heavy atom. The lowest BCUT2D eigenvalue weighted by Gasteiger charge is -2.08. The molecule has 0 aliphatic carbocycles. The third-order valence-corrected chi connectivity index (χ3v) is 2.46. The van der Waals surface area contributed by atoms with Gasteiger partial charge in [-0.05, 0) is 6.92 Å². The summed E-state index contributed by atoms with van der Waals surface area (Å²) in [7, 11) is -4.10. The Morgan fingerprint density at radius 1 is 1.28 bits per heavy atom. The molecule has 0 heterocycles. The third-order valence-electron chi connectivity index (χ3n) is 1.66. The summed E-state index contributed by atoms with van der Waals surface area (Å²) in [6.45, 7) is 4.85. The highest BCUT2D eigenvalue weighted by molar-refractivity contribution is 7.51. The van der Waals surface area contributed by atoms with E-state index in [2.05, 4.69) is 17.2 Å². The lowest BCUT2D eigenvalue weighted by Crippen LogP contribution is -2.38. The molecule has 0 fully saturated rings. The van der Waals surface area contributed by atoms with Crippen molar-refractivity contribution in [1.82, 2.24) is 10.6 Å². The van der Waals surface area contributed by atoms with Crippen LogP contribution in [0.2, 0.25) is 0 Å². The van der Waals surface area contributed by atoms with Crippen molar-refractivity contribution in [2.75, 3.05) is 25.9 Å². The second-order valence-corrected chi connectivity index (χ2v) is 5.26. The number of carbonyl (C=O) groups is 2. The number of rotatable bonds is 7. The summed E-state index contributed by atoms with van der Waals surface area (Å²) < 4.78 is 15.2. The molecule has 2 amide bonds. The second-order valence-electron chi connectivity index (χ2n) is 3.49. The highest BCUT2D eigenvalue weighted by Crippen LogP contribution is 2.32. The Balaban J connectivity index is 3.57. The van der Waals surface area contributed by atoms with Crippen LogP contribution in [-0.2, 0) is 14.1 Å². The number of hydrogen-bond acceptors (Lipinski definition) is 4. The maximum Gasteiger partial charge on any atom is 0.333 e. The summed E-state index contributed by atoms with van der Waals surface area (Å²) in [6.07, 6.45) is -0.426. The summed E-state index contributed by atoms with van der Waals surface area (Å²) in [5.74, 6) is -0.543. The van der Waals surface area contributed by atoms with E-state index in [1.54, 1.807) is 0 Å². The van der Waals surface area contributed by atoms with Crippen molar-refractivity contribution < 1.29 is 28.7 Å². The van der Waals surface area contributed by atoms with Crippen LogP contribution in [0.1, 0.15) is 6.92 Å². The van der Waals surface area contributed by atoms with Gasteiger partial charge in [-0.3, -0.25) is 4.57 Å². The van der Waals surface area contributed by atoms with Gasteiger partial charge >= 0.3 is 19.6 Å². The Labute approximate surface area is 105 Å². The largest absolute Gasteiger partial charge is 0.460 e. The summed E-state index contributed by atoms with van der Waals surface area (Å²) in [5.41, 5.74) is 0.265. The first-order valence-electron chi connectivity index (χ1n) is 5.11. The highest BCUT2D eigenvalue weighted by atomic mass is 31.2. The highest BCUT2D eigenvalue weighted by Gasteiger charge is 2.12. The predicted molar refractivity (Wildman–Crippen MR) is 64.1 cm³/mol. The molecule has 0 atom stereocenters. The van der Waals surface area contributed by atoms with Crippen LogP contribution < -0.4 is 10.6 Å². The standard InChI is InChI=1S/C9H17N2O6P/c1-7(2)8(12)17-5-3-10-9(13)11-4-6-18(14,15)16/h1,3-6H2,2H3,(H2,10,11,13)(H2,14,15,16). The van der Waals surface area contributed by atoms with Gasteiger partial charge in [0.05, 0.1) is 12.7 Å². The van der Waals surface area contributed by atoms with Gasteiger partial charge in [0.15, 0.2) is 0 Å². The molecule has 0 saturated heterocycles.